The van der Waals surface area contributed by atoms with Gasteiger partial charge in [0.2, 0.25) is 0 Å². The van der Waals surface area contributed by atoms with Crippen LogP contribution in [0.4, 0.5) is 13.2 Å². The minimum absolute atomic E-state index is 0.256. The Morgan fingerprint density at radius 1 is 1.19 bits per heavy atom. The minimum Gasteiger partial charge on any atom is -0.312 e. The molecule has 0 amide bonds. The van der Waals surface area contributed by atoms with Crippen molar-refractivity contribution in [1.82, 2.24) is 5.32 Å². The Morgan fingerprint density at radius 3 is 2.19 bits per heavy atom. The summed E-state index contributed by atoms with van der Waals surface area (Å²) in [5.74, 6) is -0.256. The lowest BCUT2D eigenvalue weighted by Crippen LogP contribution is -2.36. The number of sulfone groups is 1. The summed E-state index contributed by atoms with van der Waals surface area (Å²) in [4.78, 5) is 0. The van der Waals surface area contributed by atoms with Gasteiger partial charge >= 0.3 is 6.18 Å². The maximum atomic E-state index is 12.7. The van der Waals surface area contributed by atoms with Crippen molar-refractivity contribution in [1.29, 1.82) is 0 Å². The molecule has 1 atom stereocenters. The zero-order valence-electron chi connectivity index (χ0n) is 12.5. The van der Waals surface area contributed by atoms with E-state index in [0.717, 1.165) is 12.1 Å². The van der Waals surface area contributed by atoms with Gasteiger partial charge in [-0.1, -0.05) is 12.1 Å². The molecule has 0 radical (unpaired) electrons. The van der Waals surface area contributed by atoms with E-state index >= 15 is 0 Å². The molecule has 7 heteroatoms. The summed E-state index contributed by atoms with van der Waals surface area (Å²) < 4.78 is 61.6. The van der Waals surface area contributed by atoms with Crippen molar-refractivity contribution in [2.24, 2.45) is 0 Å². The fraction of sp³-hybridized carbons (Fsp3) is 0.571. The van der Waals surface area contributed by atoms with E-state index in [0.29, 0.717) is 5.56 Å². The number of hydrogen-bond donors (Lipinski definition) is 1. The second-order valence-corrected chi connectivity index (χ2v) is 8.65. The van der Waals surface area contributed by atoms with Crippen molar-refractivity contribution in [2.45, 2.75) is 37.7 Å². The van der Waals surface area contributed by atoms with Gasteiger partial charge in [-0.05, 0) is 45.5 Å². The first-order valence-corrected chi connectivity index (χ1v) is 8.10. The molecule has 1 rings (SSSR count). The van der Waals surface area contributed by atoms with Crippen LogP contribution in [0.2, 0.25) is 0 Å². The molecule has 0 aliphatic rings. The Morgan fingerprint density at radius 2 is 1.76 bits per heavy atom. The summed E-state index contributed by atoms with van der Waals surface area (Å²) in [5.41, 5.74) is -0.478. The molecule has 1 aromatic rings. The summed E-state index contributed by atoms with van der Waals surface area (Å²) >= 11 is 0. The molecule has 0 fully saturated rings. The van der Waals surface area contributed by atoms with Crippen molar-refractivity contribution < 1.29 is 21.6 Å². The fourth-order valence-electron chi connectivity index (χ4n) is 1.75. The van der Waals surface area contributed by atoms with E-state index in [1.54, 1.807) is 20.8 Å². The number of alkyl halides is 3. The van der Waals surface area contributed by atoms with E-state index < -0.39 is 32.4 Å². The third kappa shape index (κ3) is 4.44. The SMILES string of the molecule is CNC(CS(=O)(=O)C(C)(C)C)c1cccc(C(F)(F)F)c1. The first-order valence-electron chi connectivity index (χ1n) is 6.45. The molecule has 0 saturated carbocycles. The van der Waals surface area contributed by atoms with Crippen molar-refractivity contribution in [3.05, 3.63) is 35.4 Å². The predicted octanol–water partition coefficient (Wildman–Crippen LogP) is 3.18. The highest BCUT2D eigenvalue weighted by Crippen LogP contribution is 2.31. The van der Waals surface area contributed by atoms with E-state index in [1.165, 1.54) is 19.2 Å². The van der Waals surface area contributed by atoms with E-state index in [1.807, 2.05) is 0 Å². The third-order valence-corrected chi connectivity index (χ3v) is 5.92. The molecule has 1 N–H and O–H groups in total. The first-order chi connectivity index (χ1) is 9.38. The van der Waals surface area contributed by atoms with Crippen molar-refractivity contribution in [3.63, 3.8) is 0 Å². The molecule has 0 aromatic heterocycles. The number of rotatable bonds is 4. The molecule has 0 bridgehead atoms. The maximum Gasteiger partial charge on any atom is 0.416 e. The van der Waals surface area contributed by atoms with Gasteiger partial charge in [0.15, 0.2) is 9.84 Å². The molecular weight excluding hydrogens is 303 g/mol. The zero-order valence-corrected chi connectivity index (χ0v) is 13.3. The number of hydrogen-bond acceptors (Lipinski definition) is 3. The lowest BCUT2D eigenvalue weighted by molar-refractivity contribution is -0.137. The summed E-state index contributed by atoms with van der Waals surface area (Å²) in [5, 5.41) is 2.78. The normalized spacial score (nSPS) is 15.0. The Labute approximate surface area is 123 Å². The summed E-state index contributed by atoms with van der Waals surface area (Å²) in [7, 11) is -1.92. The maximum absolute atomic E-state index is 12.7. The molecule has 0 aliphatic heterocycles. The smallest absolute Gasteiger partial charge is 0.312 e. The Hall–Kier alpha value is -1.08. The molecule has 0 saturated heterocycles. The van der Waals surface area contributed by atoms with E-state index in [2.05, 4.69) is 5.32 Å². The fourth-order valence-corrected chi connectivity index (χ4v) is 3.05. The van der Waals surface area contributed by atoms with Gasteiger partial charge in [0.25, 0.3) is 0 Å². The second-order valence-electron chi connectivity index (χ2n) is 5.86. The van der Waals surface area contributed by atoms with Crippen LogP contribution in [0.15, 0.2) is 24.3 Å². The van der Waals surface area contributed by atoms with Gasteiger partial charge in [-0.25, -0.2) is 8.42 Å². The van der Waals surface area contributed by atoms with Crippen LogP contribution in [-0.4, -0.2) is 26.0 Å². The van der Waals surface area contributed by atoms with Crippen LogP contribution >= 0.6 is 0 Å². The monoisotopic (exact) mass is 323 g/mol. The Balaban J connectivity index is 3.13. The molecule has 1 unspecified atom stereocenters. The van der Waals surface area contributed by atoms with Gasteiger partial charge in [0.1, 0.15) is 0 Å². The summed E-state index contributed by atoms with van der Waals surface area (Å²) in [6.07, 6.45) is -4.45. The molecule has 0 heterocycles. The van der Waals surface area contributed by atoms with Crippen LogP contribution in [-0.2, 0) is 16.0 Å². The van der Waals surface area contributed by atoms with Gasteiger partial charge in [0, 0.05) is 6.04 Å². The van der Waals surface area contributed by atoms with Crippen LogP contribution in [0.5, 0.6) is 0 Å². The quantitative estimate of drug-likeness (QED) is 0.926. The molecule has 21 heavy (non-hydrogen) atoms. The van der Waals surface area contributed by atoms with Crippen LogP contribution in [0.25, 0.3) is 0 Å². The van der Waals surface area contributed by atoms with Crippen molar-refractivity contribution in [3.8, 4) is 0 Å². The lowest BCUT2D eigenvalue weighted by atomic mass is 10.1. The third-order valence-electron chi connectivity index (χ3n) is 3.28. The summed E-state index contributed by atoms with van der Waals surface area (Å²) in [6, 6.07) is 4.05. The molecule has 0 spiro atoms. The van der Waals surface area contributed by atoms with Crippen LogP contribution < -0.4 is 5.32 Å². The highest BCUT2D eigenvalue weighted by atomic mass is 32.2. The Kier molecular flexibility index (Phi) is 5.10. The first kappa shape index (κ1) is 18.0. The molecule has 120 valence electrons. The van der Waals surface area contributed by atoms with E-state index in [9.17, 15) is 21.6 Å². The number of benzene rings is 1. The van der Waals surface area contributed by atoms with Crippen LogP contribution in [0, 0.1) is 0 Å². The van der Waals surface area contributed by atoms with E-state index in [-0.39, 0.29) is 5.75 Å². The van der Waals surface area contributed by atoms with Gasteiger partial charge in [-0.2, -0.15) is 13.2 Å². The molecule has 3 nitrogen and oxygen atoms in total. The Bertz CT molecular complexity index is 589. The minimum atomic E-state index is -4.45. The van der Waals surface area contributed by atoms with Gasteiger partial charge in [-0.3, -0.25) is 0 Å². The number of nitrogens with one attached hydrogen (secondary N) is 1. The van der Waals surface area contributed by atoms with Gasteiger partial charge in [-0.15, -0.1) is 0 Å². The van der Waals surface area contributed by atoms with Crippen molar-refractivity contribution in [2.75, 3.05) is 12.8 Å². The van der Waals surface area contributed by atoms with Crippen molar-refractivity contribution >= 4 is 9.84 Å². The largest absolute Gasteiger partial charge is 0.416 e. The average Bonchev–Trinajstić information content (AvgIpc) is 2.33. The second kappa shape index (κ2) is 5.96. The standard InChI is InChI=1S/C14H20F3NO2S/c1-13(2,3)21(19,20)9-12(18-4)10-6-5-7-11(8-10)14(15,16)17/h5-8,12,18H,9H2,1-4H3. The highest BCUT2D eigenvalue weighted by molar-refractivity contribution is 7.92. The predicted molar refractivity (Wildman–Crippen MR) is 76.8 cm³/mol. The zero-order chi connectivity index (χ0) is 16.5. The highest BCUT2D eigenvalue weighted by Gasteiger charge is 2.34. The lowest BCUT2D eigenvalue weighted by Gasteiger charge is -2.24. The van der Waals surface area contributed by atoms with Crippen LogP contribution in [0.1, 0.15) is 37.9 Å². The number of halogens is 3. The van der Waals surface area contributed by atoms with Gasteiger partial charge in [0.05, 0.1) is 16.1 Å². The molecular formula is C14H20F3NO2S. The average molecular weight is 323 g/mol. The molecule has 0 aliphatic carbocycles. The topological polar surface area (TPSA) is 46.2 Å². The van der Waals surface area contributed by atoms with Crippen LogP contribution in [0.3, 0.4) is 0 Å². The van der Waals surface area contributed by atoms with E-state index in [4.69, 9.17) is 0 Å². The molecule has 1 aromatic carbocycles. The summed E-state index contributed by atoms with van der Waals surface area (Å²) in [6.45, 7) is 4.71. The van der Waals surface area contributed by atoms with Gasteiger partial charge < -0.3 is 5.32 Å².